The van der Waals surface area contributed by atoms with Gasteiger partial charge in [-0.15, -0.1) is 0 Å². The lowest BCUT2D eigenvalue weighted by atomic mass is 9.78. The summed E-state index contributed by atoms with van der Waals surface area (Å²) in [7, 11) is 2.06. The Labute approximate surface area is 129 Å². The van der Waals surface area contributed by atoms with Gasteiger partial charge in [0.2, 0.25) is 0 Å². The summed E-state index contributed by atoms with van der Waals surface area (Å²) in [5.74, 6) is 0. The Bertz CT molecular complexity index is 540. The van der Waals surface area contributed by atoms with E-state index in [9.17, 15) is 0 Å². The summed E-state index contributed by atoms with van der Waals surface area (Å²) in [5.41, 5.74) is 4.37. The summed E-state index contributed by atoms with van der Waals surface area (Å²) in [6.07, 6.45) is 2.16. The Morgan fingerprint density at radius 1 is 0.905 bits per heavy atom. The van der Waals surface area contributed by atoms with Gasteiger partial charge in [0.1, 0.15) is 0 Å². The van der Waals surface area contributed by atoms with Crippen molar-refractivity contribution in [3.63, 3.8) is 0 Å². The van der Waals surface area contributed by atoms with Crippen LogP contribution in [0.25, 0.3) is 0 Å². The van der Waals surface area contributed by atoms with E-state index in [1.807, 2.05) is 0 Å². The van der Waals surface area contributed by atoms with E-state index < -0.39 is 0 Å². The maximum absolute atomic E-state index is 3.48. The van der Waals surface area contributed by atoms with E-state index in [1.54, 1.807) is 0 Å². The molecule has 1 heteroatoms. The number of nitrogens with one attached hydrogen (secondary N) is 1. The van der Waals surface area contributed by atoms with Gasteiger partial charge in [-0.3, -0.25) is 0 Å². The topological polar surface area (TPSA) is 12.0 Å². The van der Waals surface area contributed by atoms with Crippen LogP contribution in [0, 0.1) is 5.41 Å². The van der Waals surface area contributed by atoms with E-state index in [4.69, 9.17) is 0 Å². The first-order valence-corrected chi connectivity index (χ1v) is 7.87. The Hall–Kier alpha value is -1.60. The van der Waals surface area contributed by atoms with Gasteiger partial charge in [-0.25, -0.2) is 0 Å². The van der Waals surface area contributed by atoms with Gasteiger partial charge in [0.05, 0.1) is 0 Å². The zero-order chi connectivity index (χ0) is 15.3. The van der Waals surface area contributed by atoms with Crippen molar-refractivity contribution < 1.29 is 0 Å². The van der Waals surface area contributed by atoms with Crippen molar-refractivity contribution in [3.8, 4) is 0 Å². The zero-order valence-corrected chi connectivity index (χ0v) is 13.7. The molecule has 0 aliphatic rings. The van der Waals surface area contributed by atoms with Crippen LogP contribution in [0.5, 0.6) is 0 Å². The molecule has 0 bridgehead atoms. The predicted molar refractivity (Wildman–Crippen MR) is 91.6 cm³/mol. The second kappa shape index (κ2) is 6.91. The highest BCUT2D eigenvalue weighted by Gasteiger charge is 2.27. The van der Waals surface area contributed by atoms with Gasteiger partial charge in [0, 0.05) is 6.04 Å². The molecule has 1 N–H and O–H groups in total. The molecular formula is C20H27N. The van der Waals surface area contributed by atoms with Crippen LogP contribution in [0.15, 0.2) is 54.6 Å². The minimum absolute atomic E-state index is 0.260. The maximum atomic E-state index is 3.48. The predicted octanol–water partition coefficient (Wildman–Crippen LogP) is 4.97. The van der Waals surface area contributed by atoms with Crippen LogP contribution in [0.3, 0.4) is 0 Å². The molecule has 0 aliphatic heterocycles. The van der Waals surface area contributed by atoms with Crippen molar-refractivity contribution in [1.29, 1.82) is 0 Å². The van der Waals surface area contributed by atoms with Crippen LogP contribution in [-0.2, 0) is 6.42 Å². The van der Waals surface area contributed by atoms with E-state index in [0.717, 1.165) is 12.8 Å². The fourth-order valence-corrected chi connectivity index (χ4v) is 2.87. The van der Waals surface area contributed by atoms with Crippen molar-refractivity contribution in [2.75, 3.05) is 7.05 Å². The number of hydrogen-bond acceptors (Lipinski definition) is 1. The first kappa shape index (κ1) is 15.8. The van der Waals surface area contributed by atoms with Crippen molar-refractivity contribution in [2.24, 2.45) is 5.41 Å². The van der Waals surface area contributed by atoms with Gasteiger partial charge in [0.25, 0.3) is 0 Å². The molecule has 0 saturated heterocycles. The fraction of sp³-hybridized carbons (Fsp3) is 0.400. The second-order valence-corrected chi connectivity index (χ2v) is 6.47. The highest BCUT2D eigenvalue weighted by molar-refractivity contribution is 5.30. The Morgan fingerprint density at radius 2 is 1.48 bits per heavy atom. The highest BCUT2D eigenvalue weighted by atomic mass is 14.9. The smallest absolute Gasteiger partial charge is 0.0369 e. The van der Waals surface area contributed by atoms with E-state index in [0.29, 0.717) is 6.04 Å². The quantitative estimate of drug-likeness (QED) is 0.788. The lowest BCUT2D eigenvalue weighted by Gasteiger charge is -2.33. The third kappa shape index (κ3) is 3.95. The lowest BCUT2D eigenvalue weighted by molar-refractivity contribution is 0.245. The summed E-state index contributed by atoms with van der Waals surface area (Å²) in [4.78, 5) is 0. The average molecular weight is 281 g/mol. The number of benzene rings is 2. The molecule has 2 rings (SSSR count). The largest absolute Gasteiger partial charge is 0.313 e. The fourth-order valence-electron chi connectivity index (χ4n) is 2.87. The van der Waals surface area contributed by atoms with Crippen LogP contribution in [0.1, 0.15) is 49.9 Å². The summed E-state index contributed by atoms with van der Waals surface area (Å²) < 4.78 is 0. The minimum Gasteiger partial charge on any atom is -0.313 e. The van der Waals surface area contributed by atoms with E-state index >= 15 is 0 Å². The van der Waals surface area contributed by atoms with Crippen LogP contribution >= 0.6 is 0 Å². The van der Waals surface area contributed by atoms with Crippen LogP contribution in [0.2, 0.25) is 0 Å². The molecule has 0 aliphatic carbocycles. The van der Waals surface area contributed by atoms with Crippen molar-refractivity contribution >= 4 is 0 Å². The summed E-state index contributed by atoms with van der Waals surface area (Å²) in [6.45, 7) is 6.91. The first-order chi connectivity index (χ1) is 10.1. The summed E-state index contributed by atoms with van der Waals surface area (Å²) in [6, 6.07) is 20.1. The molecule has 0 amide bonds. The standard InChI is InChI=1S/C20H27N/c1-5-20(2,3)19(21-4)18-13-11-17(12-14-18)15-16-9-7-6-8-10-16/h6-14,19,21H,5,15H2,1-4H3. The third-order valence-corrected chi connectivity index (χ3v) is 4.55. The van der Waals surface area contributed by atoms with Crippen LogP contribution in [0.4, 0.5) is 0 Å². The third-order valence-electron chi connectivity index (χ3n) is 4.55. The molecule has 1 nitrogen and oxygen atoms in total. The van der Waals surface area contributed by atoms with Gasteiger partial charge in [-0.05, 0) is 42.0 Å². The summed E-state index contributed by atoms with van der Waals surface area (Å²) in [5, 5.41) is 3.48. The maximum Gasteiger partial charge on any atom is 0.0369 e. The van der Waals surface area contributed by atoms with E-state index in [-0.39, 0.29) is 5.41 Å². The van der Waals surface area contributed by atoms with Gasteiger partial charge in [-0.2, -0.15) is 0 Å². The Balaban J connectivity index is 2.15. The van der Waals surface area contributed by atoms with E-state index in [2.05, 4.69) is 87.7 Å². The average Bonchev–Trinajstić information content (AvgIpc) is 2.50. The normalized spacial score (nSPS) is 13.1. The van der Waals surface area contributed by atoms with Crippen LogP contribution < -0.4 is 5.32 Å². The molecule has 2 aromatic rings. The highest BCUT2D eigenvalue weighted by Crippen LogP contribution is 2.36. The summed E-state index contributed by atoms with van der Waals surface area (Å²) >= 11 is 0. The van der Waals surface area contributed by atoms with E-state index in [1.165, 1.54) is 16.7 Å². The Kier molecular flexibility index (Phi) is 5.19. The van der Waals surface area contributed by atoms with Gasteiger partial charge in [0.15, 0.2) is 0 Å². The minimum atomic E-state index is 0.260. The molecule has 1 atom stereocenters. The first-order valence-electron chi connectivity index (χ1n) is 7.87. The SMILES string of the molecule is CCC(C)(C)C(NC)c1ccc(Cc2ccccc2)cc1. The molecule has 0 saturated carbocycles. The van der Waals surface area contributed by atoms with Gasteiger partial charge < -0.3 is 5.32 Å². The van der Waals surface area contributed by atoms with Crippen molar-refractivity contribution in [3.05, 3.63) is 71.3 Å². The molecule has 0 aromatic heterocycles. The molecule has 112 valence electrons. The van der Waals surface area contributed by atoms with Crippen LogP contribution in [-0.4, -0.2) is 7.05 Å². The molecule has 21 heavy (non-hydrogen) atoms. The zero-order valence-electron chi connectivity index (χ0n) is 13.7. The molecule has 0 heterocycles. The van der Waals surface area contributed by atoms with Crippen molar-refractivity contribution in [1.82, 2.24) is 5.32 Å². The van der Waals surface area contributed by atoms with Gasteiger partial charge in [-0.1, -0.05) is 75.4 Å². The van der Waals surface area contributed by atoms with Gasteiger partial charge >= 0.3 is 0 Å². The molecule has 0 spiro atoms. The molecule has 2 aromatic carbocycles. The molecular weight excluding hydrogens is 254 g/mol. The Morgan fingerprint density at radius 3 is 2.00 bits per heavy atom. The second-order valence-electron chi connectivity index (χ2n) is 6.47. The molecule has 0 radical (unpaired) electrons. The number of rotatable bonds is 6. The lowest BCUT2D eigenvalue weighted by Crippen LogP contribution is -2.31. The number of hydrogen-bond donors (Lipinski definition) is 1. The monoisotopic (exact) mass is 281 g/mol. The van der Waals surface area contributed by atoms with Crippen molar-refractivity contribution in [2.45, 2.75) is 39.7 Å². The molecule has 1 unspecified atom stereocenters. The molecule has 0 fully saturated rings.